The zero-order valence-electron chi connectivity index (χ0n) is 18.0. The fourth-order valence-electron chi connectivity index (χ4n) is 3.59. The van der Waals surface area contributed by atoms with Crippen LogP contribution in [-0.4, -0.2) is 62.3 Å². The van der Waals surface area contributed by atoms with Gasteiger partial charge in [0.2, 0.25) is 11.7 Å². The number of ether oxygens (including phenoxy) is 3. The molecule has 2 aromatic carbocycles. The van der Waals surface area contributed by atoms with Crippen LogP contribution in [0.2, 0.25) is 0 Å². The molecule has 3 rings (SSSR count). The Bertz CT molecular complexity index is 920. The van der Waals surface area contributed by atoms with Crippen molar-refractivity contribution in [2.45, 2.75) is 25.4 Å². The van der Waals surface area contributed by atoms with Crippen molar-refractivity contribution in [1.82, 2.24) is 4.90 Å². The molecule has 1 saturated heterocycles. The molecule has 1 aliphatic rings. The summed E-state index contributed by atoms with van der Waals surface area (Å²) in [5.74, 6) is 0.783. The Balaban J connectivity index is 1.66. The Morgan fingerprint density at radius 3 is 2.19 bits per heavy atom. The fourth-order valence-corrected chi connectivity index (χ4v) is 3.59. The first-order valence-electron chi connectivity index (χ1n) is 10.1. The van der Waals surface area contributed by atoms with Gasteiger partial charge in [0.1, 0.15) is 0 Å². The Kier molecular flexibility index (Phi) is 7.36. The first-order valence-corrected chi connectivity index (χ1v) is 10.1. The van der Waals surface area contributed by atoms with Gasteiger partial charge in [-0.05, 0) is 42.7 Å². The number of nitrogens with one attached hydrogen (secondary N) is 1. The van der Waals surface area contributed by atoms with Gasteiger partial charge in [0, 0.05) is 18.8 Å². The minimum atomic E-state index is -0.353. The van der Waals surface area contributed by atoms with Crippen LogP contribution in [0.3, 0.4) is 0 Å². The number of amides is 2. The lowest BCUT2D eigenvalue weighted by molar-refractivity contribution is -0.132. The summed E-state index contributed by atoms with van der Waals surface area (Å²) < 4.78 is 15.9. The van der Waals surface area contributed by atoms with Crippen LogP contribution in [0.1, 0.15) is 28.8 Å². The third-order valence-electron chi connectivity index (χ3n) is 5.33. The number of hydrogen-bond donors (Lipinski definition) is 2. The number of aliphatic hydroxyl groups excluding tert-OH is 1. The van der Waals surface area contributed by atoms with E-state index >= 15 is 0 Å². The molecule has 0 atom stereocenters. The van der Waals surface area contributed by atoms with Gasteiger partial charge < -0.3 is 29.5 Å². The smallest absolute Gasteiger partial charge is 0.259 e. The van der Waals surface area contributed by atoms with E-state index in [1.54, 1.807) is 29.2 Å². The highest BCUT2D eigenvalue weighted by Crippen LogP contribution is 2.39. The summed E-state index contributed by atoms with van der Waals surface area (Å²) in [4.78, 5) is 27.0. The van der Waals surface area contributed by atoms with Crippen LogP contribution in [0.15, 0.2) is 36.4 Å². The van der Waals surface area contributed by atoms with E-state index in [1.807, 2.05) is 12.1 Å². The number of carbonyl (C=O) groups excluding carboxylic acids is 2. The molecular weight excluding hydrogens is 400 g/mol. The monoisotopic (exact) mass is 428 g/mol. The van der Waals surface area contributed by atoms with Crippen LogP contribution in [0, 0.1) is 0 Å². The van der Waals surface area contributed by atoms with E-state index in [-0.39, 0.29) is 30.1 Å². The summed E-state index contributed by atoms with van der Waals surface area (Å²) in [5, 5.41) is 12.4. The molecule has 1 fully saturated rings. The van der Waals surface area contributed by atoms with Gasteiger partial charge in [-0.1, -0.05) is 12.1 Å². The van der Waals surface area contributed by atoms with Gasteiger partial charge >= 0.3 is 0 Å². The van der Waals surface area contributed by atoms with Crippen molar-refractivity contribution in [1.29, 1.82) is 0 Å². The van der Waals surface area contributed by atoms with E-state index in [2.05, 4.69) is 5.32 Å². The summed E-state index contributed by atoms with van der Waals surface area (Å²) in [7, 11) is 4.45. The number of nitrogens with zero attached hydrogens (tertiary/aromatic N) is 1. The summed E-state index contributed by atoms with van der Waals surface area (Å²) in [6.45, 7) is 1.17. The lowest BCUT2D eigenvalue weighted by Crippen LogP contribution is -2.40. The Morgan fingerprint density at radius 1 is 0.968 bits per heavy atom. The first kappa shape index (κ1) is 22.4. The van der Waals surface area contributed by atoms with Gasteiger partial charge in [0.15, 0.2) is 11.5 Å². The van der Waals surface area contributed by atoms with Crippen molar-refractivity contribution in [2.24, 2.45) is 0 Å². The average molecular weight is 428 g/mol. The normalized spacial score (nSPS) is 14.1. The molecule has 0 unspecified atom stereocenters. The summed E-state index contributed by atoms with van der Waals surface area (Å²) in [6.07, 6.45) is 1.22. The van der Waals surface area contributed by atoms with Gasteiger partial charge in [-0.2, -0.15) is 0 Å². The van der Waals surface area contributed by atoms with Gasteiger partial charge in [0.05, 0.1) is 39.4 Å². The highest BCUT2D eigenvalue weighted by atomic mass is 16.5. The second-order valence-corrected chi connectivity index (χ2v) is 7.32. The highest BCUT2D eigenvalue weighted by molar-refractivity contribution is 6.07. The van der Waals surface area contributed by atoms with Gasteiger partial charge in [-0.3, -0.25) is 9.59 Å². The summed E-state index contributed by atoms with van der Waals surface area (Å²) in [5.41, 5.74) is 1.77. The summed E-state index contributed by atoms with van der Waals surface area (Å²) >= 11 is 0. The van der Waals surface area contributed by atoms with Crippen LogP contribution >= 0.6 is 0 Å². The molecule has 0 aliphatic carbocycles. The first-order chi connectivity index (χ1) is 15.0. The average Bonchev–Trinajstić information content (AvgIpc) is 2.79. The molecule has 2 amide bonds. The molecular formula is C23H28N2O6. The van der Waals surface area contributed by atoms with E-state index in [1.165, 1.54) is 21.3 Å². The SMILES string of the molecule is COc1ccc(C(=O)Nc2ccc(CC(=O)N3CCC(O)CC3)cc2)c(OC)c1OC. The Morgan fingerprint density at radius 2 is 1.61 bits per heavy atom. The number of carbonyl (C=O) groups is 2. The van der Waals surface area contributed by atoms with E-state index in [0.29, 0.717) is 48.7 Å². The number of aliphatic hydroxyl groups is 1. The quantitative estimate of drug-likeness (QED) is 0.703. The predicted molar refractivity (Wildman–Crippen MR) is 116 cm³/mol. The number of methoxy groups -OCH3 is 3. The van der Waals surface area contributed by atoms with Crippen LogP contribution in [0.5, 0.6) is 17.2 Å². The molecule has 31 heavy (non-hydrogen) atoms. The standard InChI is InChI=1S/C23H28N2O6/c1-29-19-9-8-18(21(30-2)22(19)31-3)23(28)24-16-6-4-15(5-7-16)14-20(27)25-12-10-17(26)11-13-25/h4-9,17,26H,10-14H2,1-3H3,(H,24,28). The van der Waals surface area contributed by atoms with Crippen molar-refractivity contribution in [3.05, 3.63) is 47.5 Å². The number of anilines is 1. The summed E-state index contributed by atoms with van der Waals surface area (Å²) in [6, 6.07) is 10.4. The molecule has 0 spiro atoms. The second kappa shape index (κ2) is 10.2. The third-order valence-corrected chi connectivity index (χ3v) is 5.33. The molecule has 0 bridgehead atoms. The largest absolute Gasteiger partial charge is 0.493 e. The topological polar surface area (TPSA) is 97.3 Å². The van der Waals surface area contributed by atoms with Gasteiger partial charge in [-0.25, -0.2) is 0 Å². The third kappa shape index (κ3) is 5.27. The van der Waals surface area contributed by atoms with Crippen LogP contribution in [-0.2, 0) is 11.2 Å². The van der Waals surface area contributed by atoms with Crippen molar-refractivity contribution in [3.63, 3.8) is 0 Å². The maximum Gasteiger partial charge on any atom is 0.259 e. The van der Waals surface area contributed by atoms with Crippen LogP contribution in [0.25, 0.3) is 0 Å². The molecule has 1 aliphatic heterocycles. The Labute approximate surface area is 181 Å². The molecule has 166 valence electrons. The number of benzene rings is 2. The maximum absolute atomic E-state index is 12.8. The fraction of sp³-hybridized carbons (Fsp3) is 0.391. The molecule has 8 nitrogen and oxygen atoms in total. The van der Waals surface area contributed by atoms with E-state index in [4.69, 9.17) is 14.2 Å². The van der Waals surface area contributed by atoms with Crippen molar-refractivity contribution >= 4 is 17.5 Å². The zero-order chi connectivity index (χ0) is 22.4. The number of rotatable bonds is 7. The van der Waals surface area contributed by atoms with E-state index in [9.17, 15) is 14.7 Å². The van der Waals surface area contributed by atoms with Gasteiger partial charge in [0.25, 0.3) is 5.91 Å². The van der Waals surface area contributed by atoms with Gasteiger partial charge in [-0.15, -0.1) is 0 Å². The molecule has 1 heterocycles. The molecule has 0 radical (unpaired) electrons. The zero-order valence-corrected chi connectivity index (χ0v) is 18.0. The van der Waals surface area contributed by atoms with Crippen molar-refractivity contribution in [3.8, 4) is 17.2 Å². The van der Waals surface area contributed by atoms with E-state index < -0.39 is 0 Å². The maximum atomic E-state index is 12.8. The molecule has 2 N–H and O–H groups in total. The van der Waals surface area contributed by atoms with Crippen molar-refractivity contribution < 1.29 is 28.9 Å². The van der Waals surface area contributed by atoms with Crippen molar-refractivity contribution in [2.75, 3.05) is 39.7 Å². The lowest BCUT2D eigenvalue weighted by Gasteiger charge is -2.29. The predicted octanol–water partition coefficient (Wildman–Crippen LogP) is 2.49. The van der Waals surface area contributed by atoms with Crippen LogP contribution < -0.4 is 19.5 Å². The van der Waals surface area contributed by atoms with E-state index in [0.717, 1.165) is 5.56 Å². The molecule has 2 aromatic rings. The number of hydrogen-bond acceptors (Lipinski definition) is 6. The molecule has 0 aromatic heterocycles. The number of piperidine rings is 1. The highest BCUT2D eigenvalue weighted by Gasteiger charge is 2.22. The molecule has 8 heteroatoms. The minimum absolute atomic E-state index is 0.0405. The second-order valence-electron chi connectivity index (χ2n) is 7.32. The number of likely N-dealkylation sites (tertiary alicyclic amines) is 1. The minimum Gasteiger partial charge on any atom is -0.493 e. The Hall–Kier alpha value is -3.26. The van der Waals surface area contributed by atoms with Crippen LogP contribution in [0.4, 0.5) is 5.69 Å². The molecule has 0 saturated carbocycles. The lowest BCUT2D eigenvalue weighted by atomic mass is 10.1.